The van der Waals surface area contributed by atoms with E-state index in [1.54, 1.807) is 6.07 Å². The Morgan fingerprint density at radius 1 is 0.900 bits per heavy atom. The van der Waals surface area contributed by atoms with Crippen molar-refractivity contribution in [2.75, 3.05) is 52.4 Å². The lowest BCUT2D eigenvalue weighted by molar-refractivity contribution is -0.135. The van der Waals surface area contributed by atoms with E-state index >= 15 is 0 Å². The molecule has 0 aliphatic carbocycles. The van der Waals surface area contributed by atoms with Crippen LogP contribution in [0.2, 0.25) is 10.0 Å². The van der Waals surface area contributed by atoms with Crippen LogP contribution < -0.4 is 5.73 Å². The first-order chi connectivity index (χ1) is 19.3. The first-order valence-electron chi connectivity index (χ1n) is 14.5. The fourth-order valence-electron chi connectivity index (χ4n) is 6.75. The third-order valence-electron chi connectivity index (χ3n) is 9.10. The predicted octanol–water partition coefficient (Wildman–Crippen LogP) is 4.95. The van der Waals surface area contributed by atoms with Gasteiger partial charge in [0, 0.05) is 25.2 Å². The summed E-state index contributed by atoms with van der Waals surface area (Å²) in [6.07, 6.45) is 6.66. The highest BCUT2D eigenvalue weighted by Crippen LogP contribution is 2.38. The van der Waals surface area contributed by atoms with Crippen LogP contribution in [-0.4, -0.2) is 84.5 Å². The number of carbonyl (C=O) groups is 2. The Morgan fingerprint density at radius 2 is 1.62 bits per heavy atom. The van der Waals surface area contributed by atoms with Gasteiger partial charge in [0.1, 0.15) is 11.1 Å². The third-order valence-corrected chi connectivity index (χ3v) is 9.84. The van der Waals surface area contributed by atoms with Gasteiger partial charge >= 0.3 is 0 Å². The molecule has 3 heterocycles. The largest absolute Gasteiger partial charge is 0.368 e. The molecular weight excluding hydrogens is 547 g/mol. The van der Waals surface area contributed by atoms with E-state index in [1.807, 2.05) is 47.4 Å². The number of ether oxygens (including phenoxy) is 1. The van der Waals surface area contributed by atoms with Gasteiger partial charge in [-0.25, -0.2) is 0 Å². The van der Waals surface area contributed by atoms with Gasteiger partial charge in [-0.3, -0.25) is 14.5 Å². The molecule has 0 radical (unpaired) electrons. The zero-order chi connectivity index (χ0) is 28.2. The van der Waals surface area contributed by atoms with E-state index < -0.39 is 11.1 Å². The Labute approximate surface area is 247 Å². The minimum atomic E-state index is -0.683. The number of amides is 2. The van der Waals surface area contributed by atoms with Gasteiger partial charge in [0.25, 0.3) is 5.91 Å². The van der Waals surface area contributed by atoms with Crippen LogP contribution in [0.25, 0.3) is 0 Å². The maximum Gasteiger partial charge on any atom is 0.254 e. The lowest BCUT2D eigenvalue weighted by atomic mass is 9.83. The van der Waals surface area contributed by atoms with Crippen LogP contribution in [0, 0.1) is 0 Å². The molecule has 3 aliphatic heterocycles. The molecule has 40 heavy (non-hydrogen) atoms. The van der Waals surface area contributed by atoms with Crippen LogP contribution in [-0.2, 0) is 15.1 Å². The number of hydrogen-bond donors (Lipinski definition) is 1. The SMILES string of the molecule is NC(=O)C1(N2CCCCC2)CCN(CCCC2(c3ccc(Cl)c(Cl)c3)CN(C(=O)c3ccccc3)CCO2)CC1. The van der Waals surface area contributed by atoms with Gasteiger partial charge in [0.15, 0.2) is 0 Å². The Morgan fingerprint density at radius 3 is 2.30 bits per heavy atom. The molecule has 1 unspecified atom stereocenters. The number of primary amides is 1. The smallest absolute Gasteiger partial charge is 0.254 e. The maximum absolute atomic E-state index is 13.4. The second-order valence-corrected chi connectivity index (χ2v) is 12.3. The molecule has 2 N–H and O–H groups in total. The summed E-state index contributed by atoms with van der Waals surface area (Å²) >= 11 is 12.7. The topological polar surface area (TPSA) is 79.1 Å². The monoisotopic (exact) mass is 586 g/mol. The van der Waals surface area contributed by atoms with Crippen LogP contribution in [0.15, 0.2) is 48.5 Å². The summed E-state index contributed by atoms with van der Waals surface area (Å²) < 4.78 is 6.51. The van der Waals surface area contributed by atoms with Gasteiger partial charge in [-0.15, -0.1) is 0 Å². The number of carbonyl (C=O) groups excluding carboxylic acids is 2. The first kappa shape index (κ1) is 29.3. The van der Waals surface area contributed by atoms with Crippen molar-refractivity contribution in [2.45, 2.75) is 56.1 Å². The molecule has 5 rings (SSSR count). The molecule has 7 nitrogen and oxygen atoms in total. The molecule has 0 saturated carbocycles. The second kappa shape index (κ2) is 12.8. The molecule has 2 aromatic rings. The van der Waals surface area contributed by atoms with E-state index in [9.17, 15) is 9.59 Å². The van der Waals surface area contributed by atoms with Crippen molar-refractivity contribution < 1.29 is 14.3 Å². The summed E-state index contributed by atoms with van der Waals surface area (Å²) in [6.45, 7) is 5.92. The van der Waals surface area contributed by atoms with Crippen molar-refractivity contribution in [3.63, 3.8) is 0 Å². The maximum atomic E-state index is 13.4. The van der Waals surface area contributed by atoms with Crippen molar-refractivity contribution in [3.8, 4) is 0 Å². The Balaban J connectivity index is 1.27. The predicted molar refractivity (Wildman–Crippen MR) is 159 cm³/mol. The van der Waals surface area contributed by atoms with E-state index in [0.29, 0.717) is 35.3 Å². The number of likely N-dealkylation sites (tertiary alicyclic amines) is 2. The van der Waals surface area contributed by atoms with Crippen molar-refractivity contribution in [2.24, 2.45) is 5.73 Å². The highest BCUT2D eigenvalue weighted by Gasteiger charge is 2.45. The standard InChI is InChI=1S/C31H40Cl2N4O3/c32-26-11-10-25(22-27(26)33)31(23-36(20-21-40-31)28(38)24-8-3-1-4-9-24)12-7-15-35-18-13-30(14-19-35,29(34)39)37-16-5-2-6-17-37/h1,3-4,8-11,22H,2,5-7,12-21,23H2,(H2,34,39). The number of nitrogens with zero attached hydrogens (tertiary/aromatic N) is 3. The molecule has 0 aromatic heterocycles. The molecule has 3 aliphatic rings. The van der Waals surface area contributed by atoms with Crippen molar-refractivity contribution in [3.05, 3.63) is 69.7 Å². The average molecular weight is 588 g/mol. The number of benzene rings is 2. The first-order valence-corrected chi connectivity index (χ1v) is 15.3. The quantitative estimate of drug-likeness (QED) is 0.473. The average Bonchev–Trinajstić information content (AvgIpc) is 2.99. The normalized spacial score (nSPS) is 24.1. The summed E-state index contributed by atoms with van der Waals surface area (Å²) in [5, 5.41) is 0.971. The van der Waals surface area contributed by atoms with Gasteiger partial charge in [0.2, 0.25) is 5.91 Å². The van der Waals surface area contributed by atoms with E-state index in [1.165, 1.54) is 6.42 Å². The Hall–Kier alpha value is -2.16. The van der Waals surface area contributed by atoms with Gasteiger partial charge in [-0.1, -0.05) is 53.9 Å². The van der Waals surface area contributed by atoms with Crippen LogP contribution in [0.1, 0.15) is 60.9 Å². The van der Waals surface area contributed by atoms with Gasteiger partial charge in [-0.2, -0.15) is 0 Å². The van der Waals surface area contributed by atoms with Crippen LogP contribution >= 0.6 is 23.2 Å². The summed E-state index contributed by atoms with van der Waals surface area (Å²) in [4.78, 5) is 32.7. The number of hydrogen-bond acceptors (Lipinski definition) is 5. The highest BCUT2D eigenvalue weighted by molar-refractivity contribution is 6.42. The second-order valence-electron chi connectivity index (χ2n) is 11.5. The molecule has 3 fully saturated rings. The zero-order valence-corrected chi connectivity index (χ0v) is 24.6. The molecule has 9 heteroatoms. The summed E-state index contributed by atoms with van der Waals surface area (Å²) in [5.41, 5.74) is 6.41. The van der Waals surface area contributed by atoms with Crippen molar-refractivity contribution in [1.82, 2.24) is 14.7 Å². The number of morpholine rings is 1. The molecule has 216 valence electrons. The van der Waals surface area contributed by atoms with Crippen molar-refractivity contribution >= 4 is 35.0 Å². The summed E-state index contributed by atoms with van der Waals surface area (Å²) in [5.74, 6) is -0.170. The lowest BCUT2D eigenvalue weighted by Crippen LogP contribution is -2.63. The van der Waals surface area contributed by atoms with E-state index in [4.69, 9.17) is 33.7 Å². The van der Waals surface area contributed by atoms with E-state index in [2.05, 4.69) is 9.80 Å². The van der Waals surface area contributed by atoms with Crippen LogP contribution in [0.4, 0.5) is 0 Å². The number of piperidine rings is 2. The highest BCUT2D eigenvalue weighted by atomic mass is 35.5. The zero-order valence-electron chi connectivity index (χ0n) is 23.1. The Bertz CT molecular complexity index is 1180. The minimum Gasteiger partial charge on any atom is -0.368 e. The molecular formula is C31H40Cl2N4O3. The lowest BCUT2D eigenvalue weighted by Gasteiger charge is -2.48. The van der Waals surface area contributed by atoms with Crippen LogP contribution in [0.5, 0.6) is 0 Å². The van der Waals surface area contributed by atoms with Gasteiger partial charge in [0.05, 0.1) is 23.2 Å². The molecule has 0 spiro atoms. The fraction of sp³-hybridized carbons (Fsp3) is 0.548. The van der Waals surface area contributed by atoms with Crippen molar-refractivity contribution in [1.29, 1.82) is 0 Å². The molecule has 0 bridgehead atoms. The molecule has 2 amide bonds. The molecule has 3 saturated heterocycles. The van der Waals surface area contributed by atoms with E-state index in [-0.39, 0.29) is 11.8 Å². The van der Waals surface area contributed by atoms with E-state index in [0.717, 1.165) is 76.8 Å². The van der Waals surface area contributed by atoms with Gasteiger partial charge < -0.3 is 20.3 Å². The summed E-state index contributed by atoms with van der Waals surface area (Å²) in [6, 6.07) is 15.0. The summed E-state index contributed by atoms with van der Waals surface area (Å²) in [7, 11) is 0. The fourth-order valence-corrected chi connectivity index (χ4v) is 7.04. The molecule has 1 atom stereocenters. The number of nitrogens with two attached hydrogens (primary N) is 1. The van der Waals surface area contributed by atoms with Crippen LogP contribution in [0.3, 0.4) is 0 Å². The Kier molecular flexibility index (Phi) is 9.38. The minimum absolute atomic E-state index is 0.00451. The van der Waals surface area contributed by atoms with Gasteiger partial charge in [-0.05, 0) is 88.0 Å². The number of rotatable bonds is 8. The molecule has 2 aromatic carbocycles. The third kappa shape index (κ3) is 6.19. The number of halogens is 2.